The number of fused-ring (bicyclic) bond motifs is 1. The molecule has 26 nitrogen and oxygen atoms in total. The van der Waals surface area contributed by atoms with Gasteiger partial charge in [0.1, 0.15) is 11.3 Å². The molecule has 58 heavy (non-hydrogen) atoms. The number of carboxylic acid groups (broad SMARTS) is 3. The van der Waals surface area contributed by atoms with Gasteiger partial charge in [-0.15, -0.1) is 0 Å². The van der Waals surface area contributed by atoms with Crippen molar-refractivity contribution in [3.8, 4) is 0 Å². The number of aromatic amines is 1. The zero-order valence-corrected chi connectivity index (χ0v) is 31.6. The molecular weight excluding hydrogens is 780 g/mol. The van der Waals surface area contributed by atoms with E-state index in [-0.39, 0.29) is 76.0 Å². The van der Waals surface area contributed by atoms with Gasteiger partial charge in [-0.25, -0.2) is 9.78 Å². The number of hydrogen-bond donors (Lipinski definition) is 6. The number of H-pyrrole nitrogens is 1. The number of morpholine rings is 2. The van der Waals surface area contributed by atoms with Crippen LogP contribution in [-0.4, -0.2) is 193 Å². The second kappa shape index (κ2) is 21.8. The third-order valence-corrected chi connectivity index (χ3v) is 8.31. The number of imidazole rings is 1. The van der Waals surface area contributed by atoms with E-state index in [0.717, 1.165) is 9.47 Å². The van der Waals surface area contributed by atoms with E-state index < -0.39 is 78.6 Å². The molecule has 0 atom stereocenters. The molecule has 0 unspecified atom stereocenters. The van der Waals surface area contributed by atoms with Gasteiger partial charge in [-0.2, -0.15) is 0 Å². The number of amides is 2. The Morgan fingerprint density at radius 1 is 0.690 bits per heavy atom. The van der Waals surface area contributed by atoms with Gasteiger partial charge < -0.3 is 40.4 Å². The summed E-state index contributed by atoms with van der Waals surface area (Å²) in [6.07, 6.45) is 0.734. The van der Waals surface area contributed by atoms with Crippen LogP contribution in [0.5, 0.6) is 0 Å². The fraction of sp³-hybridized carbons (Fsp3) is 0.562. The summed E-state index contributed by atoms with van der Waals surface area (Å²) in [6, 6.07) is 0. The molecule has 6 N–H and O–H groups in total. The Hall–Kier alpha value is -6.38. The largest absolute Gasteiger partial charge is 0.480 e. The summed E-state index contributed by atoms with van der Waals surface area (Å²) in [5.74, 6) is -6.65. The first-order valence-electron chi connectivity index (χ1n) is 17.5. The van der Waals surface area contributed by atoms with Crippen LogP contribution in [0.4, 0.5) is 0 Å². The smallest absolute Gasteiger partial charge is 0.332 e. The molecule has 2 fully saturated rings. The van der Waals surface area contributed by atoms with Crippen LogP contribution in [0.3, 0.4) is 0 Å². The normalized spacial score (nSPS) is 14.8. The standard InChI is InChI=1S/C22H32N8O10.C10H12N2O6/c1-27-20-19(21(39)28(2)22(27)40)25-13(26-20)4-3-5-14(31)23-12-24-15(32)8-29(9-16(33)34)6-7-30(10-17(35)36)11-18(37)38;13-7-3-11(4-8(14)17-7)1-2-12-5-9(15)18-10(16)6-12/h3-12H2,1-2H3,(H,23,31)(H,24,32)(H,25,26)(H,33,34)(H,35,36)(H,37,38);1-6H2. The van der Waals surface area contributed by atoms with Crippen LogP contribution in [0.2, 0.25) is 0 Å². The molecule has 4 rings (SSSR count). The molecule has 2 amide bonds. The van der Waals surface area contributed by atoms with Crippen molar-refractivity contribution in [2.75, 3.05) is 85.2 Å². The van der Waals surface area contributed by atoms with E-state index in [0.29, 0.717) is 31.8 Å². The summed E-state index contributed by atoms with van der Waals surface area (Å²) in [4.78, 5) is 138. The van der Waals surface area contributed by atoms with E-state index in [1.54, 1.807) is 9.80 Å². The molecule has 0 aliphatic carbocycles. The fourth-order valence-corrected chi connectivity index (χ4v) is 5.61. The number of hydrogen-bond acceptors (Lipinski definition) is 18. The summed E-state index contributed by atoms with van der Waals surface area (Å²) >= 11 is 0. The van der Waals surface area contributed by atoms with Crippen LogP contribution in [-0.2, 0) is 73.1 Å². The van der Waals surface area contributed by atoms with Crippen LogP contribution in [0.25, 0.3) is 11.2 Å². The van der Waals surface area contributed by atoms with Crippen molar-refractivity contribution in [1.82, 2.24) is 49.3 Å². The number of aryl methyl sites for hydroxylation is 2. The van der Waals surface area contributed by atoms with Crippen molar-refractivity contribution in [2.45, 2.75) is 19.3 Å². The predicted octanol–water partition coefficient (Wildman–Crippen LogP) is -5.91. The number of carbonyl (C=O) groups is 9. The zero-order chi connectivity index (χ0) is 43.1. The Labute approximate surface area is 327 Å². The van der Waals surface area contributed by atoms with Crippen molar-refractivity contribution < 1.29 is 67.9 Å². The van der Waals surface area contributed by atoms with Crippen molar-refractivity contribution in [2.24, 2.45) is 14.1 Å². The highest BCUT2D eigenvalue weighted by Crippen LogP contribution is 2.08. The van der Waals surface area contributed by atoms with Gasteiger partial charge in [0.15, 0.2) is 5.65 Å². The van der Waals surface area contributed by atoms with Gasteiger partial charge in [0, 0.05) is 53.1 Å². The third kappa shape index (κ3) is 15.3. The van der Waals surface area contributed by atoms with Gasteiger partial charge in [0.05, 0.1) is 59.0 Å². The maximum atomic E-state index is 12.2. The average molecular weight is 825 g/mol. The maximum Gasteiger partial charge on any atom is 0.332 e. The van der Waals surface area contributed by atoms with E-state index in [1.165, 1.54) is 23.6 Å². The molecule has 0 saturated carbocycles. The van der Waals surface area contributed by atoms with Crippen molar-refractivity contribution in [3.05, 3.63) is 26.7 Å². The average Bonchev–Trinajstić information content (AvgIpc) is 3.54. The molecule has 2 saturated heterocycles. The van der Waals surface area contributed by atoms with Gasteiger partial charge in [0.25, 0.3) is 5.56 Å². The van der Waals surface area contributed by atoms with Crippen LogP contribution >= 0.6 is 0 Å². The first kappa shape index (κ1) is 46.0. The van der Waals surface area contributed by atoms with Gasteiger partial charge in [-0.1, -0.05) is 0 Å². The lowest BCUT2D eigenvalue weighted by molar-refractivity contribution is -0.170. The Balaban J connectivity index is 0.000000413. The Morgan fingerprint density at radius 2 is 1.14 bits per heavy atom. The van der Waals surface area contributed by atoms with Crippen LogP contribution in [0.15, 0.2) is 9.59 Å². The topological polar surface area (TPSA) is 342 Å². The minimum Gasteiger partial charge on any atom is -0.480 e. The lowest BCUT2D eigenvalue weighted by atomic mass is 10.2. The molecule has 2 aliphatic heterocycles. The minimum atomic E-state index is -1.25. The molecule has 0 radical (unpaired) electrons. The number of carboxylic acids is 3. The molecule has 4 heterocycles. The lowest BCUT2D eigenvalue weighted by Crippen LogP contribution is -2.49. The molecular formula is C32H44N10O16. The van der Waals surface area contributed by atoms with Crippen LogP contribution in [0, 0.1) is 0 Å². The molecule has 2 aliphatic rings. The van der Waals surface area contributed by atoms with E-state index in [9.17, 15) is 52.7 Å². The van der Waals surface area contributed by atoms with Crippen molar-refractivity contribution in [3.63, 3.8) is 0 Å². The van der Waals surface area contributed by atoms with Gasteiger partial charge in [-0.3, -0.25) is 76.7 Å². The molecule has 2 aromatic rings. The van der Waals surface area contributed by atoms with Gasteiger partial charge >= 0.3 is 47.5 Å². The van der Waals surface area contributed by atoms with E-state index >= 15 is 0 Å². The van der Waals surface area contributed by atoms with Crippen LogP contribution < -0.4 is 21.9 Å². The van der Waals surface area contributed by atoms with Crippen molar-refractivity contribution in [1.29, 1.82) is 0 Å². The van der Waals surface area contributed by atoms with E-state index in [4.69, 9.17) is 15.3 Å². The summed E-state index contributed by atoms with van der Waals surface area (Å²) < 4.78 is 11.0. The number of ether oxygens (including phenoxy) is 2. The van der Waals surface area contributed by atoms with Crippen molar-refractivity contribution >= 4 is 64.8 Å². The maximum absolute atomic E-state index is 12.2. The van der Waals surface area contributed by atoms with E-state index in [2.05, 4.69) is 30.1 Å². The molecule has 2 aromatic heterocycles. The quantitative estimate of drug-likeness (QED) is 0.0411. The summed E-state index contributed by atoms with van der Waals surface area (Å²) in [5.41, 5.74) is -0.629. The highest BCUT2D eigenvalue weighted by atomic mass is 16.6. The molecule has 0 aromatic carbocycles. The Morgan fingerprint density at radius 3 is 1.60 bits per heavy atom. The second-order valence-corrected chi connectivity index (χ2v) is 13.0. The van der Waals surface area contributed by atoms with Gasteiger partial charge in [0.2, 0.25) is 11.8 Å². The number of nitrogens with one attached hydrogen (secondary N) is 3. The Bertz CT molecular complexity index is 1940. The third-order valence-electron chi connectivity index (χ3n) is 8.31. The first-order chi connectivity index (χ1) is 27.3. The molecule has 318 valence electrons. The fourth-order valence-electron chi connectivity index (χ4n) is 5.61. The molecule has 0 spiro atoms. The SMILES string of the molecule is Cn1c(=O)c2[nH]c(CCCC(=O)NCNC(=O)CN(CCN(CC(=O)O)CC(=O)O)CC(=O)O)nc2n(C)c1=O.O=C1CN(CCN2CC(=O)OC(=O)C2)CC(=O)O1. The number of aromatic nitrogens is 4. The second-order valence-electron chi connectivity index (χ2n) is 13.0. The zero-order valence-electron chi connectivity index (χ0n) is 31.6. The number of cyclic esters (lactones) is 4. The van der Waals surface area contributed by atoms with Gasteiger partial charge in [-0.05, 0) is 6.42 Å². The number of nitrogens with zero attached hydrogens (tertiary/aromatic N) is 7. The highest BCUT2D eigenvalue weighted by Gasteiger charge is 2.28. The molecule has 26 heteroatoms. The monoisotopic (exact) mass is 824 g/mol. The lowest BCUT2D eigenvalue weighted by Gasteiger charge is -2.28. The number of carbonyl (C=O) groups excluding carboxylic acids is 6. The van der Waals surface area contributed by atoms with Crippen LogP contribution in [0.1, 0.15) is 18.7 Å². The summed E-state index contributed by atoms with van der Waals surface area (Å²) in [7, 11) is 2.85. The highest BCUT2D eigenvalue weighted by molar-refractivity contribution is 5.90. The van der Waals surface area contributed by atoms with E-state index in [1.807, 2.05) is 0 Å². The summed E-state index contributed by atoms with van der Waals surface area (Å²) in [6.45, 7) is -1.53. The Kier molecular flexibility index (Phi) is 17.3. The number of rotatable bonds is 20. The minimum absolute atomic E-state index is 0.0397. The molecule has 0 bridgehead atoms. The summed E-state index contributed by atoms with van der Waals surface area (Å²) in [5, 5.41) is 31.8. The predicted molar refractivity (Wildman–Crippen MR) is 192 cm³/mol. The first-order valence-corrected chi connectivity index (χ1v) is 17.5. The number of aliphatic carboxylic acids is 3. The number of esters is 4.